The molecule has 2 heterocycles. The normalized spacial score (nSPS) is 21.7. The number of pyridine rings is 1. The van der Waals surface area contributed by atoms with Crippen LogP contribution in [0.4, 0.5) is 0 Å². The van der Waals surface area contributed by atoms with Gasteiger partial charge in [-0.2, -0.15) is 0 Å². The van der Waals surface area contributed by atoms with Crippen molar-refractivity contribution >= 4 is 34.4 Å². The summed E-state index contributed by atoms with van der Waals surface area (Å²) in [6.07, 6.45) is 6.14. The molecule has 1 fully saturated rings. The van der Waals surface area contributed by atoms with Gasteiger partial charge in [-0.1, -0.05) is 31.9 Å². The summed E-state index contributed by atoms with van der Waals surface area (Å²) in [5.74, 6) is 1.61. The number of hydrogen-bond acceptors (Lipinski definition) is 2. The number of fused-ring (bicyclic) bond motifs is 1. The Bertz CT molecular complexity index is 633. The van der Waals surface area contributed by atoms with Crippen LogP contribution < -0.4 is 0 Å². The van der Waals surface area contributed by atoms with Crippen molar-refractivity contribution in [2.45, 2.75) is 45.6 Å². The maximum absolute atomic E-state index is 6.04. The average molecular weight is 312 g/mol. The standard InChI is InChI=1S/C15H19Cl2N3/c1-15(2)6-3-4-12(15)20-13(5-7-16)19-11-8-10(17)9-18-14(11)20/h8-9,12H,3-7H2,1-2H3. The lowest BCUT2D eigenvalue weighted by Gasteiger charge is -2.29. The zero-order valence-corrected chi connectivity index (χ0v) is 13.4. The monoisotopic (exact) mass is 311 g/mol. The molecule has 0 N–H and O–H groups in total. The van der Waals surface area contributed by atoms with Gasteiger partial charge in [0.2, 0.25) is 0 Å². The van der Waals surface area contributed by atoms with Crippen molar-refractivity contribution in [3.05, 3.63) is 23.1 Å². The number of rotatable bonds is 3. The molecule has 0 aromatic carbocycles. The largest absolute Gasteiger partial charge is 0.309 e. The predicted octanol–water partition coefficient (Wildman–Crippen LogP) is 4.62. The fraction of sp³-hybridized carbons (Fsp3) is 0.600. The summed E-state index contributed by atoms with van der Waals surface area (Å²) in [6, 6.07) is 2.33. The highest BCUT2D eigenvalue weighted by molar-refractivity contribution is 6.31. The first-order valence-electron chi connectivity index (χ1n) is 7.11. The van der Waals surface area contributed by atoms with E-state index in [1.807, 2.05) is 6.07 Å². The number of imidazole rings is 1. The molecule has 1 aliphatic rings. The van der Waals surface area contributed by atoms with Gasteiger partial charge in [-0.05, 0) is 24.3 Å². The number of aromatic nitrogens is 3. The van der Waals surface area contributed by atoms with Crippen LogP contribution in [0.5, 0.6) is 0 Å². The third kappa shape index (κ3) is 2.31. The molecule has 1 saturated carbocycles. The first-order chi connectivity index (χ1) is 9.53. The van der Waals surface area contributed by atoms with Gasteiger partial charge in [0.1, 0.15) is 11.3 Å². The highest BCUT2D eigenvalue weighted by atomic mass is 35.5. The number of halogens is 2. The SMILES string of the molecule is CC1(C)CCCC1n1c(CCCl)nc2cc(Cl)cnc21. The Hall–Kier alpha value is -0.800. The van der Waals surface area contributed by atoms with E-state index in [1.54, 1.807) is 6.20 Å². The van der Waals surface area contributed by atoms with Gasteiger partial charge < -0.3 is 4.57 Å². The van der Waals surface area contributed by atoms with Gasteiger partial charge in [0.15, 0.2) is 5.65 Å². The highest BCUT2D eigenvalue weighted by Gasteiger charge is 2.37. The molecular formula is C15H19Cl2N3. The second-order valence-electron chi connectivity index (χ2n) is 6.23. The predicted molar refractivity (Wildman–Crippen MR) is 83.6 cm³/mol. The van der Waals surface area contributed by atoms with E-state index in [1.165, 1.54) is 19.3 Å². The van der Waals surface area contributed by atoms with Crippen molar-refractivity contribution in [3.8, 4) is 0 Å². The van der Waals surface area contributed by atoms with Crippen molar-refractivity contribution in [1.82, 2.24) is 14.5 Å². The second-order valence-corrected chi connectivity index (χ2v) is 7.04. The molecule has 0 bridgehead atoms. The summed E-state index contributed by atoms with van der Waals surface area (Å²) in [5.41, 5.74) is 2.09. The maximum atomic E-state index is 6.04. The van der Waals surface area contributed by atoms with Crippen LogP contribution in [0.2, 0.25) is 5.02 Å². The first-order valence-corrected chi connectivity index (χ1v) is 8.02. The summed E-state index contributed by atoms with van der Waals surface area (Å²) >= 11 is 12.0. The van der Waals surface area contributed by atoms with Crippen LogP contribution in [0.25, 0.3) is 11.2 Å². The summed E-state index contributed by atoms with van der Waals surface area (Å²) in [4.78, 5) is 9.22. The van der Waals surface area contributed by atoms with Crippen molar-refractivity contribution < 1.29 is 0 Å². The number of nitrogens with zero attached hydrogens (tertiary/aromatic N) is 3. The molecule has 0 spiro atoms. The zero-order valence-electron chi connectivity index (χ0n) is 11.9. The Morgan fingerprint density at radius 3 is 2.90 bits per heavy atom. The van der Waals surface area contributed by atoms with Crippen LogP contribution >= 0.6 is 23.2 Å². The van der Waals surface area contributed by atoms with Crippen molar-refractivity contribution in [2.24, 2.45) is 5.41 Å². The van der Waals surface area contributed by atoms with Gasteiger partial charge in [0.25, 0.3) is 0 Å². The number of alkyl halides is 1. The molecular weight excluding hydrogens is 293 g/mol. The lowest BCUT2D eigenvalue weighted by Crippen LogP contribution is -2.23. The van der Waals surface area contributed by atoms with Gasteiger partial charge in [0, 0.05) is 24.5 Å². The lowest BCUT2D eigenvalue weighted by atomic mass is 9.87. The van der Waals surface area contributed by atoms with E-state index < -0.39 is 0 Å². The molecule has 20 heavy (non-hydrogen) atoms. The zero-order chi connectivity index (χ0) is 14.3. The summed E-state index contributed by atoms with van der Waals surface area (Å²) < 4.78 is 2.31. The van der Waals surface area contributed by atoms with E-state index in [9.17, 15) is 0 Å². The van der Waals surface area contributed by atoms with E-state index in [-0.39, 0.29) is 5.41 Å². The Morgan fingerprint density at radius 2 is 2.25 bits per heavy atom. The fourth-order valence-corrected chi connectivity index (χ4v) is 3.70. The van der Waals surface area contributed by atoms with Crippen LogP contribution in [0.1, 0.15) is 45.0 Å². The molecule has 3 rings (SSSR count). The quantitative estimate of drug-likeness (QED) is 0.774. The van der Waals surface area contributed by atoms with E-state index in [0.717, 1.165) is 23.4 Å². The van der Waals surface area contributed by atoms with E-state index in [4.69, 9.17) is 28.2 Å². The minimum Gasteiger partial charge on any atom is -0.309 e. The Kier molecular flexibility index (Phi) is 3.67. The highest BCUT2D eigenvalue weighted by Crippen LogP contribution is 2.47. The van der Waals surface area contributed by atoms with Gasteiger partial charge in [-0.15, -0.1) is 11.6 Å². The first kappa shape index (κ1) is 14.2. The van der Waals surface area contributed by atoms with Gasteiger partial charge >= 0.3 is 0 Å². The topological polar surface area (TPSA) is 30.7 Å². The van der Waals surface area contributed by atoms with Gasteiger partial charge in [-0.25, -0.2) is 9.97 Å². The fourth-order valence-electron chi connectivity index (χ4n) is 3.38. The van der Waals surface area contributed by atoms with Gasteiger partial charge in [-0.3, -0.25) is 0 Å². The summed E-state index contributed by atoms with van der Waals surface area (Å²) in [7, 11) is 0. The molecule has 0 radical (unpaired) electrons. The number of aryl methyl sites for hydroxylation is 1. The third-order valence-corrected chi connectivity index (χ3v) is 4.80. The van der Waals surface area contributed by atoms with Crippen molar-refractivity contribution in [2.75, 3.05) is 5.88 Å². The van der Waals surface area contributed by atoms with Crippen LogP contribution in [-0.4, -0.2) is 20.4 Å². The molecule has 1 aliphatic carbocycles. The van der Waals surface area contributed by atoms with Crippen LogP contribution in [0, 0.1) is 5.41 Å². The van der Waals surface area contributed by atoms with Crippen LogP contribution in [-0.2, 0) is 6.42 Å². The minimum absolute atomic E-state index is 0.274. The molecule has 5 heteroatoms. The van der Waals surface area contributed by atoms with E-state index >= 15 is 0 Å². The third-order valence-electron chi connectivity index (χ3n) is 4.40. The Balaban J connectivity index is 2.18. The average Bonchev–Trinajstić information content (AvgIpc) is 2.88. The second kappa shape index (κ2) is 5.19. The van der Waals surface area contributed by atoms with Crippen molar-refractivity contribution in [3.63, 3.8) is 0 Å². The van der Waals surface area contributed by atoms with E-state index in [0.29, 0.717) is 16.9 Å². The molecule has 0 saturated heterocycles. The molecule has 1 unspecified atom stereocenters. The maximum Gasteiger partial charge on any atom is 0.160 e. The summed E-state index contributed by atoms with van der Waals surface area (Å²) in [5, 5.41) is 0.630. The number of hydrogen-bond donors (Lipinski definition) is 0. The lowest BCUT2D eigenvalue weighted by molar-refractivity contribution is 0.260. The smallest absolute Gasteiger partial charge is 0.160 e. The molecule has 0 amide bonds. The van der Waals surface area contributed by atoms with E-state index in [2.05, 4.69) is 23.4 Å². The summed E-state index contributed by atoms with van der Waals surface area (Å²) in [6.45, 7) is 4.66. The Morgan fingerprint density at radius 1 is 1.45 bits per heavy atom. The molecule has 2 aromatic heterocycles. The molecule has 0 aliphatic heterocycles. The van der Waals surface area contributed by atoms with Gasteiger partial charge in [0.05, 0.1) is 5.02 Å². The molecule has 1 atom stereocenters. The molecule has 2 aromatic rings. The molecule has 108 valence electrons. The Labute approximate surface area is 129 Å². The minimum atomic E-state index is 0.274. The van der Waals surface area contributed by atoms with Crippen LogP contribution in [0.3, 0.4) is 0 Å². The van der Waals surface area contributed by atoms with Crippen molar-refractivity contribution in [1.29, 1.82) is 0 Å². The van der Waals surface area contributed by atoms with Crippen LogP contribution in [0.15, 0.2) is 12.3 Å². The molecule has 3 nitrogen and oxygen atoms in total.